The summed E-state index contributed by atoms with van der Waals surface area (Å²) in [7, 11) is 0. The fourth-order valence-corrected chi connectivity index (χ4v) is 2.28. The van der Waals surface area contributed by atoms with Crippen LogP contribution in [0.2, 0.25) is 0 Å². The van der Waals surface area contributed by atoms with Crippen LogP contribution in [0.4, 0.5) is 5.82 Å². The molecule has 0 saturated carbocycles. The molecule has 6 nitrogen and oxygen atoms in total. The van der Waals surface area contributed by atoms with Crippen LogP contribution >= 0.6 is 11.8 Å². The first-order valence-electron chi connectivity index (χ1n) is 5.66. The SMILES string of the molecule is Cc1cc(N2CCOCC2)nc(SCC(=O)[O-])n1. The van der Waals surface area contributed by atoms with E-state index in [2.05, 4.69) is 14.9 Å². The van der Waals surface area contributed by atoms with Gasteiger partial charge in [0, 0.05) is 30.6 Å². The molecule has 0 N–H and O–H groups in total. The van der Waals surface area contributed by atoms with E-state index in [1.165, 1.54) is 0 Å². The lowest BCUT2D eigenvalue weighted by atomic mass is 10.3. The maximum Gasteiger partial charge on any atom is 0.190 e. The Balaban J connectivity index is 2.12. The number of aromatic nitrogens is 2. The van der Waals surface area contributed by atoms with Crippen molar-refractivity contribution in [1.29, 1.82) is 0 Å². The minimum absolute atomic E-state index is 0.133. The van der Waals surface area contributed by atoms with Gasteiger partial charge in [-0.3, -0.25) is 0 Å². The standard InChI is InChI=1S/C11H15N3O3S/c1-8-6-9(14-2-4-17-5-3-14)13-11(12-8)18-7-10(15)16/h6H,2-5,7H2,1H3,(H,15,16)/p-1. The molecular formula is C11H14N3O3S-. The van der Waals surface area contributed by atoms with Gasteiger partial charge in [-0.15, -0.1) is 0 Å². The number of carboxylic acids is 1. The van der Waals surface area contributed by atoms with E-state index in [1.807, 2.05) is 13.0 Å². The number of thioether (sulfide) groups is 1. The molecule has 0 unspecified atom stereocenters. The number of morpholine rings is 1. The van der Waals surface area contributed by atoms with Gasteiger partial charge in [-0.25, -0.2) is 9.97 Å². The van der Waals surface area contributed by atoms with Crippen LogP contribution in [0.15, 0.2) is 11.2 Å². The van der Waals surface area contributed by atoms with Crippen LogP contribution in [0.25, 0.3) is 0 Å². The van der Waals surface area contributed by atoms with Crippen molar-refractivity contribution >= 4 is 23.5 Å². The zero-order valence-electron chi connectivity index (χ0n) is 10.1. The summed E-state index contributed by atoms with van der Waals surface area (Å²) in [5, 5.41) is 10.9. The lowest BCUT2D eigenvalue weighted by molar-refractivity contribution is -0.301. The number of hydrogen-bond acceptors (Lipinski definition) is 7. The van der Waals surface area contributed by atoms with Gasteiger partial charge < -0.3 is 19.5 Å². The molecule has 1 fully saturated rings. The second kappa shape index (κ2) is 6.01. The summed E-state index contributed by atoms with van der Waals surface area (Å²) in [6.07, 6.45) is 0. The van der Waals surface area contributed by atoms with E-state index < -0.39 is 5.97 Å². The van der Waals surface area contributed by atoms with E-state index in [1.54, 1.807) is 0 Å². The largest absolute Gasteiger partial charge is 0.549 e. The maximum absolute atomic E-state index is 10.4. The van der Waals surface area contributed by atoms with Gasteiger partial charge in [0.05, 0.1) is 19.2 Å². The maximum atomic E-state index is 10.4. The van der Waals surface area contributed by atoms with Crippen molar-refractivity contribution < 1.29 is 14.6 Å². The number of carboxylic acid groups (broad SMARTS) is 1. The molecule has 7 heteroatoms. The Morgan fingerprint density at radius 3 is 2.89 bits per heavy atom. The fraction of sp³-hybridized carbons (Fsp3) is 0.545. The molecule has 0 aliphatic carbocycles. The Hall–Kier alpha value is -1.34. The predicted octanol–water partition coefficient (Wildman–Crippen LogP) is -0.536. The number of carbonyl (C=O) groups excluding carboxylic acids is 1. The van der Waals surface area contributed by atoms with Crippen LogP contribution in [0.1, 0.15) is 5.69 Å². The molecule has 2 rings (SSSR count). The molecule has 1 aliphatic rings. The van der Waals surface area contributed by atoms with Gasteiger partial charge >= 0.3 is 0 Å². The topological polar surface area (TPSA) is 78.4 Å². The first kappa shape index (κ1) is 13.1. The molecule has 0 aromatic carbocycles. The molecule has 0 spiro atoms. The molecule has 1 aromatic heterocycles. The van der Waals surface area contributed by atoms with Gasteiger partial charge in [0.25, 0.3) is 0 Å². The van der Waals surface area contributed by atoms with Crippen molar-refractivity contribution in [2.24, 2.45) is 0 Å². The summed E-state index contributed by atoms with van der Waals surface area (Å²) in [5.74, 6) is -0.420. The van der Waals surface area contributed by atoms with E-state index in [-0.39, 0.29) is 5.75 Å². The molecule has 2 heterocycles. The number of aryl methyl sites for hydroxylation is 1. The Kier molecular flexibility index (Phi) is 4.38. The van der Waals surface area contributed by atoms with Crippen LogP contribution in [0.3, 0.4) is 0 Å². The first-order chi connectivity index (χ1) is 8.65. The van der Waals surface area contributed by atoms with Crippen LogP contribution in [0.5, 0.6) is 0 Å². The van der Waals surface area contributed by atoms with Crippen molar-refractivity contribution in [3.63, 3.8) is 0 Å². The van der Waals surface area contributed by atoms with E-state index in [0.717, 1.165) is 36.4 Å². The highest BCUT2D eigenvalue weighted by molar-refractivity contribution is 7.99. The Morgan fingerprint density at radius 2 is 2.22 bits per heavy atom. The number of nitrogens with zero attached hydrogens (tertiary/aromatic N) is 3. The van der Waals surface area contributed by atoms with Gasteiger partial charge in [0.2, 0.25) is 0 Å². The van der Waals surface area contributed by atoms with Gasteiger partial charge in [-0.05, 0) is 6.92 Å². The highest BCUT2D eigenvalue weighted by Crippen LogP contribution is 2.19. The number of aliphatic carboxylic acids is 1. The average molecular weight is 268 g/mol. The summed E-state index contributed by atoms with van der Waals surface area (Å²) >= 11 is 1.08. The highest BCUT2D eigenvalue weighted by Gasteiger charge is 2.14. The number of carbonyl (C=O) groups is 1. The van der Waals surface area contributed by atoms with Gasteiger partial charge in [0.1, 0.15) is 5.82 Å². The quantitative estimate of drug-likeness (QED) is 0.536. The van der Waals surface area contributed by atoms with E-state index in [4.69, 9.17) is 4.74 Å². The summed E-state index contributed by atoms with van der Waals surface area (Å²) in [4.78, 5) is 21.1. The van der Waals surface area contributed by atoms with Crippen molar-refractivity contribution in [3.05, 3.63) is 11.8 Å². The van der Waals surface area contributed by atoms with E-state index in [0.29, 0.717) is 18.4 Å². The molecule has 0 amide bonds. The van der Waals surface area contributed by atoms with Crippen LogP contribution in [0, 0.1) is 6.92 Å². The summed E-state index contributed by atoms with van der Waals surface area (Å²) in [5.41, 5.74) is 0.826. The van der Waals surface area contributed by atoms with Gasteiger partial charge in [-0.2, -0.15) is 0 Å². The van der Waals surface area contributed by atoms with E-state index in [9.17, 15) is 9.90 Å². The molecule has 1 aliphatic heterocycles. The number of rotatable bonds is 4. The first-order valence-corrected chi connectivity index (χ1v) is 6.65. The van der Waals surface area contributed by atoms with Crippen molar-refractivity contribution in [3.8, 4) is 0 Å². The molecule has 0 radical (unpaired) electrons. The zero-order valence-corrected chi connectivity index (χ0v) is 10.9. The lowest BCUT2D eigenvalue weighted by Crippen LogP contribution is -2.36. The molecule has 0 atom stereocenters. The summed E-state index contributed by atoms with van der Waals surface area (Å²) in [6, 6.07) is 1.90. The minimum Gasteiger partial charge on any atom is -0.549 e. The van der Waals surface area contributed by atoms with Crippen molar-refractivity contribution in [2.45, 2.75) is 12.1 Å². The smallest absolute Gasteiger partial charge is 0.190 e. The zero-order chi connectivity index (χ0) is 13.0. The average Bonchev–Trinajstić information content (AvgIpc) is 2.37. The Bertz CT molecular complexity index is 436. The molecule has 1 aromatic rings. The highest BCUT2D eigenvalue weighted by atomic mass is 32.2. The third kappa shape index (κ3) is 3.58. The molecule has 0 bridgehead atoms. The molecule has 1 saturated heterocycles. The van der Waals surface area contributed by atoms with Crippen molar-refractivity contribution in [1.82, 2.24) is 9.97 Å². The number of ether oxygens (including phenoxy) is 1. The second-order valence-electron chi connectivity index (χ2n) is 3.91. The summed E-state index contributed by atoms with van der Waals surface area (Å²) in [6.45, 7) is 4.83. The number of hydrogen-bond donors (Lipinski definition) is 0. The molecule has 98 valence electrons. The van der Waals surface area contributed by atoms with Crippen LogP contribution in [-0.4, -0.2) is 48.0 Å². The second-order valence-corrected chi connectivity index (χ2v) is 4.85. The van der Waals surface area contributed by atoms with E-state index >= 15 is 0 Å². The molecular weight excluding hydrogens is 254 g/mol. The van der Waals surface area contributed by atoms with Gasteiger partial charge in [0.15, 0.2) is 5.16 Å². The Morgan fingerprint density at radius 1 is 1.50 bits per heavy atom. The Labute approximate surface area is 109 Å². The monoisotopic (exact) mass is 268 g/mol. The third-order valence-electron chi connectivity index (χ3n) is 2.47. The van der Waals surface area contributed by atoms with Crippen LogP contribution < -0.4 is 10.0 Å². The third-order valence-corrected chi connectivity index (χ3v) is 3.30. The fourth-order valence-electron chi connectivity index (χ4n) is 1.67. The number of anilines is 1. The van der Waals surface area contributed by atoms with Crippen molar-refractivity contribution in [2.75, 3.05) is 37.0 Å². The molecule has 18 heavy (non-hydrogen) atoms. The van der Waals surface area contributed by atoms with Crippen LogP contribution in [-0.2, 0) is 9.53 Å². The normalized spacial score (nSPS) is 15.7. The summed E-state index contributed by atoms with van der Waals surface area (Å²) < 4.78 is 5.28. The lowest BCUT2D eigenvalue weighted by Gasteiger charge is -2.28. The minimum atomic E-state index is -1.11. The predicted molar refractivity (Wildman–Crippen MR) is 65.5 cm³/mol. The van der Waals surface area contributed by atoms with Gasteiger partial charge in [-0.1, -0.05) is 11.8 Å².